The lowest BCUT2D eigenvalue weighted by molar-refractivity contribution is 0.0998. The van der Waals surface area contributed by atoms with Crippen LogP contribution in [0.3, 0.4) is 0 Å². The Morgan fingerprint density at radius 3 is 2.48 bits per heavy atom. The molecule has 0 radical (unpaired) electrons. The third-order valence-electron chi connectivity index (χ3n) is 4.66. The Bertz CT molecular complexity index is 1470. The number of aromatic nitrogens is 1. The summed E-state index contributed by atoms with van der Waals surface area (Å²) in [6, 6.07) is 18.7. The second-order valence-electron chi connectivity index (χ2n) is 6.95. The minimum atomic E-state index is -3.76. The van der Waals surface area contributed by atoms with Gasteiger partial charge in [0.05, 0.1) is 15.1 Å². The van der Waals surface area contributed by atoms with Gasteiger partial charge in [-0.05, 0) is 65.3 Å². The Labute approximate surface area is 192 Å². The fraction of sp³-hybridized carbons (Fsp3) is 0.0909. The minimum Gasteiger partial charge on any atom is -0.318 e. The van der Waals surface area contributed by atoms with Gasteiger partial charge in [0.15, 0.2) is 4.80 Å². The van der Waals surface area contributed by atoms with Crippen molar-refractivity contribution in [2.24, 2.45) is 12.0 Å². The Morgan fingerprint density at radius 2 is 1.77 bits per heavy atom. The number of anilines is 1. The van der Waals surface area contributed by atoms with Crippen molar-refractivity contribution in [3.8, 4) is 0 Å². The number of carbonyl (C=O) groups excluding carboxylic acids is 1. The number of para-hydroxylation sites is 1. The predicted octanol–water partition coefficient (Wildman–Crippen LogP) is 4.85. The van der Waals surface area contributed by atoms with Crippen molar-refractivity contribution >= 4 is 59.1 Å². The van der Waals surface area contributed by atoms with E-state index >= 15 is 0 Å². The number of nitrogens with zero attached hydrogens (tertiary/aromatic N) is 2. The maximum absolute atomic E-state index is 12.8. The second kappa shape index (κ2) is 8.41. The first-order chi connectivity index (χ1) is 14.7. The van der Waals surface area contributed by atoms with E-state index in [1.54, 1.807) is 42.5 Å². The number of benzene rings is 3. The number of fused-ring (bicyclic) bond motifs is 1. The molecule has 0 saturated carbocycles. The summed E-state index contributed by atoms with van der Waals surface area (Å²) in [4.78, 5) is 17.8. The van der Waals surface area contributed by atoms with Crippen LogP contribution in [0.15, 0.2) is 81.1 Å². The van der Waals surface area contributed by atoms with Crippen molar-refractivity contribution < 1.29 is 13.2 Å². The summed E-state index contributed by atoms with van der Waals surface area (Å²) in [6.07, 6.45) is 0. The number of sulfonamides is 1. The van der Waals surface area contributed by atoms with E-state index in [1.807, 2.05) is 36.7 Å². The summed E-state index contributed by atoms with van der Waals surface area (Å²) >= 11 is 4.93. The predicted molar refractivity (Wildman–Crippen MR) is 127 cm³/mol. The van der Waals surface area contributed by atoms with Crippen LogP contribution in [0.4, 0.5) is 5.69 Å². The minimum absolute atomic E-state index is 0.155. The molecule has 4 rings (SSSR count). The zero-order valence-corrected chi connectivity index (χ0v) is 19.9. The highest BCUT2D eigenvalue weighted by Gasteiger charge is 2.15. The quantitative estimate of drug-likeness (QED) is 0.421. The molecule has 0 aliphatic rings. The molecule has 0 aliphatic carbocycles. The molecule has 1 N–H and O–H groups in total. The van der Waals surface area contributed by atoms with E-state index in [-0.39, 0.29) is 4.90 Å². The van der Waals surface area contributed by atoms with Gasteiger partial charge in [0.1, 0.15) is 0 Å². The average molecular weight is 516 g/mol. The van der Waals surface area contributed by atoms with Gasteiger partial charge >= 0.3 is 0 Å². The Kier molecular flexibility index (Phi) is 5.83. The van der Waals surface area contributed by atoms with Crippen LogP contribution >= 0.6 is 27.3 Å². The number of carbonyl (C=O) groups is 1. The third-order valence-corrected chi connectivity index (χ3v) is 7.80. The first-order valence-electron chi connectivity index (χ1n) is 9.27. The smallest absolute Gasteiger partial charge is 0.279 e. The average Bonchev–Trinajstić information content (AvgIpc) is 3.04. The molecule has 0 unspecified atom stereocenters. The van der Waals surface area contributed by atoms with E-state index in [0.29, 0.717) is 16.1 Å². The van der Waals surface area contributed by atoms with Crippen molar-refractivity contribution in [3.63, 3.8) is 0 Å². The van der Waals surface area contributed by atoms with Crippen LogP contribution in [0.25, 0.3) is 10.2 Å². The topological polar surface area (TPSA) is 80.5 Å². The molecule has 31 heavy (non-hydrogen) atoms. The van der Waals surface area contributed by atoms with Crippen LogP contribution in [-0.2, 0) is 17.1 Å². The zero-order chi connectivity index (χ0) is 22.2. The fourth-order valence-electron chi connectivity index (χ4n) is 3.06. The van der Waals surface area contributed by atoms with Gasteiger partial charge in [-0.25, -0.2) is 8.42 Å². The fourth-order valence-corrected chi connectivity index (χ4v) is 5.92. The second-order valence-corrected chi connectivity index (χ2v) is 10.5. The molecule has 0 spiro atoms. The van der Waals surface area contributed by atoms with Crippen LogP contribution in [0.1, 0.15) is 15.9 Å². The summed E-state index contributed by atoms with van der Waals surface area (Å²) in [5, 5.41) is 0. The van der Waals surface area contributed by atoms with Gasteiger partial charge in [0.25, 0.3) is 15.9 Å². The van der Waals surface area contributed by atoms with E-state index < -0.39 is 15.9 Å². The summed E-state index contributed by atoms with van der Waals surface area (Å²) in [7, 11) is -1.91. The SMILES string of the molecule is Cc1ccc(S(=O)(=O)Nc2cccc(C(=O)N=c3sc4cccc(Br)c4n3C)c2)cc1. The lowest BCUT2D eigenvalue weighted by Gasteiger charge is -2.09. The molecule has 4 aromatic rings. The Morgan fingerprint density at radius 1 is 1.06 bits per heavy atom. The Balaban J connectivity index is 1.65. The summed E-state index contributed by atoms with van der Waals surface area (Å²) < 4.78 is 31.6. The number of aryl methyl sites for hydroxylation is 2. The number of nitrogens with one attached hydrogen (secondary N) is 1. The van der Waals surface area contributed by atoms with Crippen LogP contribution in [0.5, 0.6) is 0 Å². The van der Waals surface area contributed by atoms with Crippen LogP contribution in [-0.4, -0.2) is 18.9 Å². The molecule has 1 heterocycles. The van der Waals surface area contributed by atoms with Crippen molar-refractivity contribution in [1.82, 2.24) is 4.57 Å². The number of thiazole rings is 1. The van der Waals surface area contributed by atoms with Gasteiger partial charge in [0, 0.05) is 22.8 Å². The molecule has 3 aromatic carbocycles. The van der Waals surface area contributed by atoms with Gasteiger partial charge in [0.2, 0.25) is 0 Å². The van der Waals surface area contributed by atoms with Gasteiger partial charge in [-0.1, -0.05) is 41.2 Å². The van der Waals surface area contributed by atoms with Gasteiger partial charge in [-0.3, -0.25) is 9.52 Å². The maximum atomic E-state index is 12.8. The number of hydrogen-bond donors (Lipinski definition) is 1. The number of rotatable bonds is 4. The molecule has 6 nitrogen and oxygen atoms in total. The van der Waals surface area contributed by atoms with E-state index in [1.165, 1.54) is 17.4 Å². The molecule has 9 heteroatoms. The monoisotopic (exact) mass is 515 g/mol. The highest BCUT2D eigenvalue weighted by Crippen LogP contribution is 2.25. The van der Waals surface area contributed by atoms with E-state index in [9.17, 15) is 13.2 Å². The van der Waals surface area contributed by atoms with Crippen LogP contribution in [0, 0.1) is 6.92 Å². The first-order valence-corrected chi connectivity index (χ1v) is 12.4. The number of halogens is 1. The van der Waals surface area contributed by atoms with E-state index in [4.69, 9.17) is 0 Å². The van der Waals surface area contributed by atoms with Crippen molar-refractivity contribution in [3.05, 3.63) is 87.1 Å². The highest BCUT2D eigenvalue weighted by atomic mass is 79.9. The molecule has 0 atom stereocenters. The molecule has 0 saturated heterocycles. The molecule has 0 aliphatic heterocycles. The third kappa shape index (κ3) is 4.48. The molecular formula is C22H18BrN3O3S2. The zero-order valence-electron chi connectivity index (χ0n) is 16.7. The van der Waals surface area contributed by atoms with Crippen LogP contribution < -0.4 is 9.52 Å². The van der Waals surface area contributed by atoms with Crippen LogP contribution in [0.2, 0.25) is 0 Å². The summed E-state index contributed by atoms with van der Waals surface area (Å²) in [5.41, 5.74) is 2.51. The lowest BCUT2D eigenvalue weighted by Crippen LogP contribution is -2.15. The lowest BCUT2D eigenvalue weighted by atomic mass is 10.2. The summed E-state index contributed by atoms with van der Waals surface area (Å²) in [6.45, 7) is 1.89. The number of hydrogen-bond acceptors (Lipinski definition) is 4. The number of amides is 1. The standard InChI is InChI=1S/C22H18BrN3O3S2/c1-14-9-11-17(12-10-14)31(28,29)25-16-6-3-5-15(13-16)21(27)24-22-26(2)20-18(23)7-4-8-19(20)30-22/h3-13,25H,1-2H3. The molecule has 158 valence electrons. The molecule has 0 bridgehead atoms. The van der Waals surface area contributed by atoms with Crippen molar-refractivity contribution in [2.45, 2.75) is 11.8 Å². The molecular weight excluding hydrogens is 498 g/mol. The van der Waals surface area contributed by atoms with E-state index in [2.05, 4.69) is 25.6 Å². The normalized spacial score (nSPS) is 12.3. The van der Waals surface area contributed by atoms with Crippen molar-refractivity contribution in [2.75, 3.05) is 4.72 Å². The van der Waals surface area contributed by atoms with E-state index in [0.717, 1.165) is 20.3 Å². The largest absolute Gasteiger partial charge is 0.318 e. The molecule has 1 aromatic heterocycles. The molecule has 1 amide bonds. The summed E-state index contributed by atoms with van der Waals surface area (Å²) in [5.74, 6) is -0.449. The molecule has 0 fully saturated rings. The Hall–Kier alpha value is -2.75. The van der Waals surface area contributed by atoms with Crippen molar-refractivity contribution in [1.29, 1.82) is 0 Å². The maximum Gasteiger partial charge on any atom is 0.279 e. The van der Waals surface area contributed by atoms with Gasteiger partial charge in [-0.15, -0.1) is 0 Å². The first kappa shape index (κ1) is 21.5. The van der Waals surface area contributed by atoms with Gasteiger partial charge in [-0.2, -0.15) is 4.99 Å². The van der Waals surface area contributed by atoms with Gasteiger partial charge < -0.3 is 4.57 Å². The highest BCUT2D eigenvalue weighted by molar-refractivity contribution is 9.10.